The number of methoxy groups -OCH3 is 1. The number of rotatable bonds is 6. The molecule has 2 unspecified atom stereocenters. The molecule has 1 saturated carbocycles. The molecule has 0 bridgehead atoms. The van der Waals surface area contributed by atoms with Crippen LogP contribution in [-0.2, 0) is 6.42 Å². The molecule has 1 aromatic rings. The van der Waals surface area contributed by atoms with Crippen molar-refractivity contribution in [1.82, 2.24) is 10.6 Å². The molecule has 0 aromatic heterocycles. The molecular formula is C17H27N3O. The SMILES string of the molecule is CCNC(=NCCc1ccc(C)c(OC)c1)NC1CC1C. The summed E-state index contributed by atoms with van der Waals surface area (Å²) in [4.78, 5) is 4.65. The molecule has 1 fully saturated rings. The molecule has 0 amide bonds. The van der Waals surface area contributed by atoms with E-state index in [1.165, 1.54) is 17.5 Å². The van der Waals surface area contributed by atoms with Gasteiger partial charge in [-0.05, 0) is 49.8 Å². The van der Waals surface area contributed by atoms with Crippen molar-refractivity contribution in [2.24, 2.45) is 10.9 Å². The van der Waals surface area contributed by atoms with Crippen LogP contribution in [0.2, 0.25) is 0 Å². The van der Waals surface area contributed by atoms with E-state index in [0.717, 1.165) is 37.1 Å². The number of aliphatic imine (C=N–C) groups is 1. The van der Waals surface area contributed by atoms with Gasteiger partial charge in [-0.2, -0.15) is 0 Å². The van der Waals surface area contributed by atoms with Gasteiger partial charge in [-0.25, -0.2) is 0 Å². The highest BCUT2D eigenvalue weighted by Gasteiger charge is 2.33. The third kappa shape index (κ3) is 4.66. The third-order valence-electron chi connectivity index (χ3n) is 3.92. The third-order valence-corrected chi connectivity index (χ3v) is 3.92. The first kappa shape index (κ1) is 15.7. The number of aryl methyl sites for hydroxylation is 1. The quantitative estimate of drug-likeness (QED) is 0.625. The Balaban J connectivity index is 1.89. The summed E-state index contributed by atoms with van der Waals surface area (Å²) in [5.41, 5.74) is 2.43. The van der Waals surface area contributed by atoms with Gasteiger partial charge in [-0.15, -0.1) is 0 Å². The Labute approximate surface area is 128 Å². The largest absolute Gasteiger partial charge is 0.496 e. The molecule has 0 saturated heterocycles. The van der Waals surface area contributed by atoms with Crippen LogP contribution in [0.3, 0.4) is 0 Å². The number of ether oxygens (including phenoxy) is 1. The standard InChI is InChI=1S/C17H27N3O/c1-5-18-17(20-15-10-13(15)3)19-9-8-14-7-6-12(2)16(11-14)21-4/h6-7,11,13,15H,5,8-10H2,1-4H3,(H2,18,19,20). The fourth-order valence-electron chi connectivity index (χ4n) is 2.34. The molecule has 21 heavy (non-hydrogen) atoms. The van der Waals surface area contributed by atoms with Crippen molar-refractivity contribution in [2.45, 2.75) is 39.7 Å². The van der Waals surface area contributed by atoms with Gasteiger partial charge in [0.2, 0.25) is 0 Å². The van der Waals surface area contributed by atoms with Crippen molar-refractivity contribution < 1.29 is 4.74 Å². The summed E-state index contributed by atoms with van der Waals surface area (Å²) in [7, 11) is 1.72. The fourth-order valence-corrected chi connectivity index (χ4v) is 2.34. The highest BCUT2D eigenvalue weighted by Crippen LogP contribution is 2.28. The van der Waals surface area contributed by atoms with E-state index in [0.29, 0.717) is 6.04 Å². The van der Waals surface area contributed by atoms with Gasteiger partial charge >= 0.3 is 0 Å². The minimum absolute atomic E-state index is 0.599. The van der Waals surface area contributed by atoms with Crippen LogP contribution in [0.25, 0.3) is 0 Å². The number of hydrogen-bond donors (Lipinski definition) is 2. The lowest BCUT2D eigenvalue weighted by molar-refractivity contribution is 0.411. The second-order valence-electron chi connectivity index (χ2n) is 5.78. The van der Waals surface area contributed by atoms with Crippen LogP contribution in [0.5, 0.6) is 5.75 Å². The Hall–Kier alpha value is -1.71. The molecule has 2 rings (SSSR count). The average molecular weight is 289 g/mol. The zero-order valence-corrected chi connectivity index (χ0v) is 13.6. The smallest absolute Gasteiger partial charge is 0.191 e. The van der Waals surface area contributed by atoms with E-state index in [-0.39, 0.29) is 0 Å². The molecule has 2 atom stereocenters. The summed E-state index contributed by atoms with van der Waals surface area (Å²) in [5.74, 6) is 2.66. The Morgan fingerprint density at radius 2 is 2.19 bits per heavy atom. The molecule has 116 valence electrons. The number of hydrogen-bond acceptors (Lipinski definition) is 2. The maximum Gasteiger partial charge on any atom is 0.191 e. The lowest BCUT2D eigenvalue weighted by Crippen LogP contribution is -2.39. The van der Waals surface area contributed by atoms with Gasteiger partial charge in [-0.1, -0.05) is 19.1 Å². The van der Waals surface area contributed by atoms with Crippen LogP contribution >= 0.6 is 0 Å². The molecular weight excluding hydrogens is 262 g/mol. The van der Waals surface area contributed by atoms with Crippen molar-refractivity contribution in [3.63, 3.8) is 0 Å². The zero-order valence-electron chi connectivity index (χ0n) is 13.6. The van der Waals surface area contributed by atoms with E-state index in [9.17, 15) is 0 Å². The molecule has 1 aromatic carbocycles. The van der Waals surface area contributed by atoms with Crippen LogP contribution < -0.4 is 15.4 Å². The molecule has 0 heterocycles. The number of nitrogens with zero attached hydrogens (tertiary/aromatic N) is 1. The summed E-state index contributed by atoms with van der Waals surface area (Å²) in [6, 6.07) is 6.96. The molecule has 0 spiro atoms. The van der Waals surface area contributed by atoms with Gasteiger partial charge in [0.1, 0.15) is 5.75 Å². The molecule has 0 aliphatic heterocycles. The van der Waals surface area contributed by atoms with E-state index in [1.807, 2.05) is 0 Å². The summed E-state index contributed by atoms with van der Waals surface area (Å²) in [6.45, 7) is 8.09. The first-order valence-corrected chi connectivity index (χ1v) is 7.82. The second kappa shape index (κ2) is 7.34. The highest BCUT2D eigenvalue weighted by molar-refractivity contribution is 5.80. The highest BCUT2D eigenvalue weighted by atomic mass is 16.5. The van der Waals surface area contributed by atoms with Crippen LogP contribution in [0.15, 0.2) is 23.2 Å². The van der Waals surface area contributed by atoms with Crippen LogP contribution in [-0.4, -0.2) is 32.2 Å². The predicted molar refractivity (Wildman–Crippen MR) is 88.1 cm³/mol. The summed E-state index contributed by atoms with van der Waals surface area (Å²) >= 11 is 0. The maximum atomic E-state index is 5.36. The molecule has 4 heteroatoms. The van der Waals surface area contributed by atoms with Gasteiger partial charge in [0, 0.05) is 19.1 Å². The van der Waals surface area contributed by atoms with E-state index in [1.54, 1.807) is 7.11 Å². The minimum atomic E-state index is 0.599. The maximum absolute atomic E-state index is 5.36. The molecule has 4 nitrogen and oxygen atoms in total. The van der Waals surface area contributed by atoms with Crippen molar-refractivity contribution >= 4 is 5.96 Å². The first-order chi connectivity index (χ1) is 10.1. The van der Waals surface area contributed by atoms with Crippen LogP contribution in [0.1, 0.15) is 31.4 Å². The lowest BCUT2D eigenvalue weighted by Gasteiger charge is -2.11. The molecule has 2 N–H and O–H groups in total. The monoisotopic (exact) mass is 289 g/mol. The molecule has 0 radical (unpaired) electrons. The molecule has 1 aliphatic carbocycles. The Morgan fingerprint density at radius 1 is 1.43 bits per heavy atom. The van der Waals surface area contributed by atoms with Crippen molar-refractivity contribution in [3.05, 3.63) is 29.3 Å². The van der Waals surface area contributed by atoms with Crippen molar-refractivity contribution in [2.75, 3.05) is 20.2 Å². The topological polar surface area (TPSA) is 45.7 Å². The fraction of sp³-hybridized carbons (Fsp3) is 0.588. The van der Waals surface area contributed by atoms with Crippen LogP contribution in [0, 0.1) is 12.8 Å². The molecule has 1 aliphatic rings. The van der Waals surface area contributed by atoms with Crippen molar-refractivity contribution in [3.8, 4) is 5.75 Å². The van der Waals surface area contributed by atoms with Crippen LogP contribution in [0.4, 0.5) is 0 Å². The first-order valence-electron chi connectivity index (χ1n) is 7.82. The van der Waals surface area contributed by atoms with Gasteiger partial charge in [0.25, 0.3) is 0 Å². The van der Waals surface area contributed by atoms with Gasteiger partial charge < -0.3 is 15.4 Å². The second-order valence-corrected chi connectivity index (χ2v) is 5.78. The Morgan fingerprint density at radius 3 is 2.81 bits per heavy atom. The number of nitrogens with one attached hydrogen (secondary N) is 2. The zero-order chi connectivity index (χ0) is 15.2. The Kier molecular flexibility index (Phi) is 5.48. The van der Waals surface area contributed by atoms with E-state index < -0.39 is 0 Å². The van der Waals surface area contributed by atoms with Gasteiger partial charge in [-0.3, -0.25) is 4.99 Å². The summed E-state index contributed by atoms with van der Waals surface area (Å²) < 4.78 is 5.36. The summed E-state index contributed by atoms with van der Waals surface area (Å²) in [6.07, 6.45) is 2.17. The summed E-state index contributed by atoms with van der Waals surface area (Å²) in [5, 5.41) is 6.78. The van der Waals surface area contributed by atoms with Gasteiger partial charge in [0.15, 0.2) is 5.96 Å². The Bertz CT molecular complexity index is 499. The normalized spacial score (nSPS) is 21.0. The van der Waals surface area contributed by atoms with E-state index >= 15 is 0 Å². The lowest BCUT2D eigenvalue weighted by atomic mass is 10.1. The van der Waals surface area contributed by atoms with Crippen molar-refractivity contribution in [1.29, 1.82) is 0 Å². The van der Waals surface area contributed by atoms with E-state index in [4.69, 9.17) is 4.74 Å². The average Bonchev–Trinajstić information content (AvgIpc) is 3.16. The number of guanidine groups is 1. The minimum Gasteiger partial charge on any atom is -0.496 e. The number of benzene rings is 1. The van der Waals surface area contributed by atoms with Gasteiger partial charge in [0.05, 0.1) is 7.11 Å². The predicted octanol–water partition coefficient (Wildman–Crippen LogP) is 2.51. The van der Waals surface area contributed by atoms with E-state index in [2.05, 4.69) is 54.6 Å².